The number of anilines is 1. The molecule has 0 radical (unpaired) electrons. The molecule has 0 saturated heterocycles. The first-order chi connectivity index (χ1) is 12.1. The summed E-state index contributed by atoms with van der Waals surface area (Å²) in [6, 6.07) is 2.98. The van der Waals surface area contributed by atoms with E-state index in [-0.39, 0.29) is 39.9 Å². The van der Waals surface area contributed by atoms with Crippen molar-refractivity contribution in [2.45, 2.75) is 47.0 Å². The molecule has 1 N–H and O–H groups in total. The van der Waals surface area contributed by atoms with Crippen molar-refractivity contribution in [2.75, 3.05) is 5.01 Å². The van der Waals surface area contributed by atoms with Crippen LogP contribution in [0.25, 0.3) is 0 Å². The maximum absolute atomic E-state index is 12.4. The van der Waals surface area contributed by atoms with Crippen LogP contribution in [0.3, 0.4) is 0 Å². The zero-order chi connectivity index (χ0) is 19.6. The fourth-order valence-corrected chi connectivity index (χ4v) is 3.89. The molecule has 1 unspecified atom stereocenters. The highest BCUT2D eigenvalue weighted by molar-refractivity contribution is 6.42. The highest BCUT2D eigenvalue weighted by Crippen LogP contribution is 2.39. The Labute approximate surface area is 168 Å². The van der Waals surface area contributed by atoms with Crippen LogP contribution >= 0.6 is 34.8 Å². The summed E-state index contributed by atoms with van der Waals surface area (Å²) in [6.07, 6.45) is 1.51. The molecule has 0 saturated carbocycles. The fourth-order valence-electron chi connectivity index (χ4n) is 2.91. The van der Waals surface area contributed by atoms with Crippen LogP contribution in [0.4, 0.5) is 5.69 Å². The van der Waals surface area contributed by atoms with Crippen molar-refractivity contribution in [3.8, 4) is 0 Å². The largest absolute Gasteiger partial charge is 0.426 e. The molecule has 1 heterocycles. The molecule has 1 aliphatic rings. The summed E-state index contributed by atoms with van der Waals surface area (Å²) in [6.45, 7) is 8.20. The van der Waals surface area contributed by atoms with Crippen LogP contribution in [0.5, 0.6) is 0 Å². The predicted octanol–water partition coefficient (Wildman–Crippen LogP) is 6.15. The van der Waals surface area contributed by atoms with Crippen molar-refractivity contribution in [1.29, 1.82) is 5.41 Å². The molecule has 1 aromatic rings. The van der Waals surface area contributed by atoms with Gasteiger partial charge >= 0.3 is 0 Å². The van der Waals surface area contributed by atoms with E-state index in [2.05, 4.69) is 18.9 Å². The number of carbonyl (C=O) groups is 1. The van der Waals surface area contributed by atoms with Crippen molar-refractivity contribution < 1.29 is 9.53 Å². The lowest BCUT2D eigenvalue weighted by Gasteiger charge is -2.29. The first kappa shape index (κ1) is 21.0. The van der Waals surface area contributed by atoms with E-state index in [1.54, 1.807) is 0 Å². The number of hydrogen-bond donors (Lipinski definition) is 1. The average molecular weight is 419 g/mol. The van der Waals surface area contributed by atoms with Gasteiger partial charge in [-0.15, -0.1) is 5.10 Å². The highest BCUT2D eigenvalue weighted by atomic mass is 35.5. The standard InChI is InChI=1S/C18H22Cl3N3O2/c1-5-18(4,9-10(2)3)17(22)26-14-8-15(25)24(23-14)16-12(20)6-11(19)7-13(16)21/h6-7,10,22H,5,8-9H2,1-4H3. The van der Waals surface area contributed by atoms with Crippen LogP contribution in [0.15, 0.2) is 17.2 Å². The molecule has 1 amide bonds. The molecular formula is C18H22Cl3N3O2. The van der Waals surface area contributed by atoms with Crippen LogP contribution in [0.1, 0.15) is 47.0 Å². The number of rotatable bonds is 5. The van der Waals surface area contributed by atoms with Gasteiger partial charge in [-0.1, -0.05) is 62.5 Å². The smallest absolute Gasteiger partial charge is 0.257 e. The molecule has 1 aromatic carbocycles. The van der Waals surface area contributed by atoms with E-state index < -0.39 is 5.41 Å². The lowest BCUT2D eigenvalue weighted by atomic mass is 9.79. The fraction of sp³-hybridized carbons (Fsp3) is 0.500. The quantitative estimate of drug-likeness (QED) is 0.460. The van der Waals surface area contributed by atoms with E-state index in [0.29, 0.717) is 10.9 Å². The van der Waals surface area contributed by atoms with E-state index in [0.717, 1.165) is 17.9 Å². The van der Waals surface area contributed by atoms with Crippen molar-refractivity contribution in [1.82, 2.24) is 0 Å². The van der Waals surface area contributed by atoms with Gasteiger partial charge in [0, 0.05) is 10.4 Å². The van der Waals surface area contributed by atoms with Crippen LogP contribution in [-0.2, 0) is 9.53 Å². The normalized spacial score (nSPS) is 16.7. The molecule has 5 nitrogen and oxygen atoms in total. The van der Waals surface area contributed by atoms with Crippen molar-refractivity contribution in [3.63, 3.8) is 0 Å². The number of nitrogens with zero attached hydrogens (tertiary/aromatic N) is 2. The number of amides is 1. The van der Waals surface area contributed by atoms with Gasteiger partial charge in [-0.3, -0.25) is 10.2 Å². The van der Waals surface area contributed by atoms with Gasteiger partial charge in [-0.25, -0.2) is 0 Å². The number of hydrogen-bond acceptors (Lipinski definition) is 4. The summed E-state index contributed by atoms with van der Waals surface area (Å²) < 4.78 is 5.65. The topological polar surface area (TPSA) is 65.8 Å². The minimum Gasteiger partial charge on any atom is -0.426 e. The summed E-state index contributed by atoms with van der Waals surface area (Å²) in [4.78, 5) is 12.4. The minimum absolute atomic E-state index is 0.0564. The number of hydrazone groups is 1. The third-order valence-corrected chi connectivity index (χ3v) is 5.15. The second-order valence-corrected chi connectivity index (χ2v) is 8.29. The maximum Gasteiger partial charge on any atom is 0.257 e. The SMILES string of the molecule is CCC(C)(CC(C)C)C(=N)OC1=NN(c2c(Cl)cc(Cl)cc2Cl)C(=O)C1. The number of ether oxygens (including phenoxy) is 1. The Morgan fingerprint density at radius 3 is 2.42 bits per heavy atom. The second-order valence-electron chi connectivity index (χ2n) is 7.04. The summed E-state index contributed by atoms with van der Waals surface area (Å²) in [7, 11) is 0. The predicted molar refractivity (Wildman–Crippen MR) is 108 cm³/mol. The molecule has 1 atom stereocenters. The molecule has 142 valence electrons. The zero-order valence-corrected chi connectivity index (χ0v) is 17.5. The molecule has 8 heteroatoms. The summed E-state index contributed by atoms with van der Waals surface area (Å²) in [5, 5.41) is 14.4. The Balaban J connectivity index is 2.24. The molecule has 0 aliphatic carbocycles. The molecule has 0 aromatic heterocycles. The van der Waals surface area contributed by atoms with Crippen LogP contribution in [-0.4, -0.2) is 17.7 Å². The lowest BCUT2D eigenvalue weighted by molar-refractivity contribution is -0.117. The molecule has 2 rings (SSSR count). The summed E-state index contributed by atoms with van der Waals surface area (Å²) in [5.41, 5.74) is -0.156. The van der Waals surface area contributed by atoms with Crippen LogP contribution in [0, 0.1) is 16.7 Å². The van der Waals surface area contributed by atoms with E-state index in [4.69, 9.17) is 44.9 Å². The lowest BCUT2D eigenvalue weighted by Crippen LogP contribution is -2.31. The Bertz CT molecular complexity index is 741. The van der Waals surface area contributed by atoms with Gasteiger partial charge in [-0.05, 0) is 30.9 Å². The van der Waals surface area contributed by atoms with E-state index >= 15 is 0 Å². The first-order valence-electron chi connectivity index (χ1n) is 8.39. The van der Waals surface area contributed by atoms with E-state index in [1.165, 1.54) is 12.1 Å². The zero-order valence-electron chi connectivity index (χ0n) is 15.2. The minimum atomic E-state index is -0.414. The Morgan fingerprint density at radius 1 is 1.35 bits per heavy atom. The van der Waals surface area contributed by atoms with Gasteiger partial charge < -0.3 is 4.74 Å². The van der Waals surface area contributed by atoms with Crippen LogP contribution < -0.4 is 5.01 Å². The van der Waals surface area contributed by atoms with Crippen molar-refractivity contribution in [3.05, 3.63) is 27.2 Å². The maximum atomic E-state index is 12.4. The van der Waals surface area contributed by atoms with Crippen molar-refractivity contribution >= 4 is 58.2 Å². The van der Waals surface area contributed by atoms with Crippen molar-refractivity contribution in [2.24, 2.45) is 16.4 Å². The number of halogens is 3. The van der Waals surface area contributed by atoms with Gasteiger partial charge in [0.05, 0.1) is 10.0 Å². The summed E-state index contributed by atoms with van der Waals surface area (Å²) in [5.74, 6) is 0.348. The van der Waals surface area contributed by atoms with Gasteiger partial charge in [0.1, 0.15) is 12.1 Å². The second kappa shape index (κ2) is 8.15. The Morgan fingerprint density at radius 2 is 1.92 bits per heavy atom. The number of nitrogens with one attached hydrogen (secondary N) is 1. The van der Waals surface area contributed by atoms with Gasteiger partial charge in [0.2, 0.25) is 5.90 Å². The Hall–Kier alpha value is -1.30. The Kier molecular flexibility index (Phi) is 6.59. The molecule has 0 spiro atoms. The van der Waals surface area contributed by atoms with Gasteiger partial charge in [-0.2, -0.15) is 5.01 Å². The monoisotopic (exact) mass is 417 g/mol. The van der Waals surface area contributed by atoms with Gasteiger partial charge in [0.25, 0.3) is 5.91 Å². The molecular weight excluding hydrogens is 397 g/mol. The molecule has 0 bridgehead atoms. The third-order valence-electron chi connectivity index (χ3n) is 4.35. The van der Waals surface area contributed by atoms with E-state index in [1.807, 2.05) is 13.8 Å². The third kappa shape index (κ3) is 4.51. The number of benzene rings is 1. The molecule has 1 aliphatic heterocycles. The first-order valence-corrected chi connectivity index (χ1v) is 9.52. The highest BCUT2D eigenvalue weighted by Gasteiger charge is 2.35. The summed E-state index contributed by atoms with van der Waals surface area (Å²) >= 11 is 18.3. The van der Waals surface area contributed by atoms with Crippen LogP contribution in [0.2, 0.25) is 15.1 Å². The molecule has 26 heavy (non-hydrogen) atoms. The van der Waals surface area contributed by atoms with E-state index in [9.17, 15) is 4.79 Å². The van der Waals surface area contributed by atoms with Gasteiger partial charge in [0.15, 0.2) is 5.90 Å². The average Bonchev–Trinajstić information content (AvgIpc) is 2.85. The molecule has 0 fully saturated rings. The number of carbonyl (C=O) groups excluding carboxylic acids is 1.